The third-order valence-electron chi connectivity index (χ3n) is 4.29. The highest BCUT2D eigenvalue weighted by Crippen LogP contribution is 2.17. The van der Waals surface area contributed by atoms with Crippen LogP contribution in [0.4, 0.5) is 5.69 Å². The van der Waals surface area contributed by atoms with Crippen LogP contribution in [0.25, 0.3) is 0 Å². The number of nitrogens with zero attached hydrogens (tertiary/aromatic N) is 2. The fraction of sp³-hybridized carbons (Fsp3) is 0.238. The molecule has 1 amide bonds. The number of aromatic nitrogens is 3. The summed E-state index contributed by atoms with van der Waals surface area (Å²) in [5.41, 5.74) is 2.81. The molecule has 0 radical (unpaired) electrons. The number of benzene rings is 2. The lowest BCUT2D eigenvalue weighted by molar-refractivity contribution is -0.113. The van der Waals surface area contributed by atoms with Crippen LogP contribution in [0.2, 0.25) is 0 Å². The molecule has 3 rings (SSSR count). The first kappa shape index (κ1) is 20.6. The van der Waals surface area contributed by atoms with Gasteiger partial charge in [0.25, 0.3) is 5.56 Å². The van der Waals surface area contributed by atoms with Crippen LogP contribution in [0.3, 0.4) is 0 Å². The van der Waals surface area contributed by atoms with E-state index in [9.17, 15) is 9.59 Å². The van der Waals surface area contributed by atoms with E-state index in [4.69, 9.17) is 4.74 Å². The van der Waals surface area contributed by atoms with E-state index in [2.05, 4.69) is 20.5 Å². The van der Waals surface area contributed by atoms with Gasteiger partial charge in [-0.3, -0.25) is 14.6 Å². The number of anilines is 1. The minimum atomic E-state index is -0.310. The number of carbonyl (C=O) groups is 1. The minimum absolute atomic E-state index is 0.125. The molecule has 0 aliphatic heterocycles. The van der Waals surface area contributed by atoms with Gasteiger partial charge in [0.05, 0.1) is 12.9 Å². The Morgan fingerprint density at radius 3 is 2.59 bits per heavy atom. The molecular formula is C21H22N4O3S. The number of H-pyrrole nitrogens is 1. The van der Waals surface area contributed by atoms with Gasteiger partial charge in [-0.15, -0.1) is 10.2 Å². The van der Waals surface area contributed by atoms with Gasteiger partial charge in [0.1, 0.15) is 11.4 Å². The molecule has 0 aliphatic rings. The van der Waals surface area contributed by atoms with Gasteiger partial charge >= 0.3 is 0 Å². The Labute approximate surface area is 172 Å². The Balaban J connectivity index is 1.58. The smallest absolute Gasteiger partial charge is 0.273 e. The molecule has 0 saturated carbocycles. The van der Waals surface area contributed by atoms with Gasteiger partial charge in [0.2, 0.25) is 5.91 Å². The summed E-state index contributed by atoms with van der Waals surface area (Å²) < 4.78 is 5.12. The molecule has 0 bridgehead atoms. The van der Waals surface area contributed by atoms with Crippen molar-refractivity contribution in [3.05, 3.63) is 75.7 Å². The number of aromatic amines is 1. The van der Waals surface area contributed by atoms with E-state index in [1.54, 1.807) is 7.11 Å². The van der Waals surface area contributed by atoms with E-state index in [1.165, 1.54) is 0 Å². The van der Waals surface area contributed by atoms with Crippen LogP contribution >= 0.6 is 11.8 Å². The molecule has 29 heavy (non-hydrogen) atoms. The lowest BCUT2D eigenvalue weighted by Crippen LogP contribution is -2.19. The monoisotopic (exact) mass is 410 g/mol. The Kier molecular flexibility index (Phi) is 7.02. The van der Waals surface area contributed by atoms with Crippen molar-refractivity contribution >= 4 is 23.4 Å². The number of para-hydroxylation sites is 1. The normalized spacial score (nSPS) is 10.6. The molecule has 0 fully saturated rings. The van der Waals surface area contributed by atoms with Gasteiger partial charge in [-0.05, 0) is 35.7 Å². The number of nitrogens with one attached hydrogen (secondary N) is 2. The summed E-state index contributed by atoms with van der Waals surface area (Å²) in [5, 5.41) is 11.3. The molecule has 0 atom stereocenters. The number of rotatable bonds is 8. The SMILES string of the molecule is CCc1ccccc1NC(=O)CSc1nnc(Cc2ccc(OC)cc2)c(=O)[nH]1. The molecule has 8 heteroatoms. The number of ether oxygens (including phenoxy) is 1. The van der Waals surface area contributed by atoms with Crippen molar-refractivity contribution in [2.75, 3.05) is 18.2 Å². The van der Waals surface area contributed by atoms with E-state index >= 15 is 0 Å². The summed E-state index contributed by atoms with van der Waals surface area (Å²) in [6, 6.07) is 15.1. The Morgan fingerprint density at radius 2 is 1.90 bits per heavy atom. The van der Waals surface area contributed by atoms with E-state index < -0.39 is 0 Å². The van der Waals surface area contributed by atoms with E-state index in [1.807, 2.05) is 55.5 Å². The van der Waals surface area contributed by atoms with Crippen molar-refractivity contribution in [1.82, 2.24) is 15.2 Å². The summed E-state index contributed by atoms with van der Waals surface area (Å²) in [6.07, 6.45) is 1.20. The van der Waals surface area contributed by atoms with Crippen molar-refractivity contribution < 1.29 is 9.53 Å². The second kappa shape index (κ2) is 9.88. The Bertz CT molecular complexity index is 1030. The standard InChI is InChI=1S/C21H22N4O3S/c1-3-15-6-4-5-7-17(15)22-19(26)13-29-21-23-20(27)18(24-25-21)12-14-8-10-16(28-2)11-9-14/h4-11H,3,12-13H2,1-2H3,(H,22,26)(H,23,25,27). The van der Waals surface area contributed by atoms with Gasteiger partial charge in [-0.2, -0.15) is 0 Å². The van der Waals surface area contributed by atoms with E-state index in [0.29, 0.717) is 17.3 Å². The van der Waals surface area contributed by atoms with Crippen molar-refractivity contribution in [3.63, 3.8) is 0 Å². The maximum atomic E-state index is 12.3. The summed E-state index contributed by atoms with van der Waals surface area (Å²) in [4.78, 5) is 27.2. The molecule has 0 saturated heterocycles. The van der Waals surface area contributed by atoms with E-state index in [-0.39, 0.29) is 17.2 Å². The zero-order valence-corrected chi connectivity index (χ0v) is 17.1. The molecule has 0 spiro atoms. The van der Waals surface area contributed by atoms with Crippen LogP contribution in [0.5, 0.6) is 5.75 Å². The maximum absolute atomic E-state index is 12.3. The number of carbonyl (C=O) groups excluding carboxylic acids is 1. The lowest BCUT2D eigenvalue weighted by atomic mass is 10.1. The first-order valence-corrected chi connectivity index (χ1v) is 10.2. The highest BCUT2D eigenvalue weighted by Gasteiger charge is 2.10. The molecule has 150 valence electrons. The zero-order chi connectivity index (χ0) is 20.6. The van der Waals surface area contributed by atoms with Crippen molar-refractivity contribution in [2.45, 2.75) is 24.9 Å². The van der Waals surface area contributed by atoms with Crippen LogP contribution in [0.1, 0.15) is 23.7 Å². The number of hydrogen-bond donors (Lipinski definition) is 2. The molecule has 7 nitrogen and oxygen atoms in total. The highest BCUT2D eigenvalue weighted by molar-refractivity contribution is 7.99. The van der Waals surface area contributed by atoms with Gasteiger partial charge in [0.15, 0.2) is 5.16 Å². The van der Waals surface area contributed by atoms with Crippen molar-refractivity contribution in [2.24, 2.45) is 0 Å². The molecule has 0 unspecified atom stereocenters. The minimum Gasteiger partial charge on any atom is -0.497 e. The average molecular weight is 410 g/mol. The predicted molar refractivity (Wildman–Crippen MR) is 114 cm³/mol. The highest BCUT2D eigenvalue weighted by atomic mass is 32.2. The zero-order valence-electron chi connectivity index (χ0n) is 16.3. The van der Waals surface area contributed by atoms with Crippen LogP contribution in [0, 0.1) is 0 Å². The lowest BCUT2D eigenvalue weighted by Gasteiger charge is -2.09. The number of thioether (sulfide) groups is 1. The molecule has 2 N–H and O–H groups in total. The van der Waals surface area contributed by atoms with Gasteiger partial charge in [-0.25, -0.2) is 0 Å². The summed E-state index contributed by atoms with van der Waals surface area (Å²) in [7, 11) is 1.60. The largest absolute Gasteiger partial charge is 0.497 e. The number of amides is 1. The third-order valence-corrected chi connectivity index (χ3v) is 5.15. The maximum Gasteiger partial charge on any atom is 0.273 e. The van der Waals surface area contributed by atoms with Crippen LogP contribution in [-0.2, 0) is 17.6 Å². The number of hydrogen-bond acceptors (Lipinski definition) is 6. The second-order valence-corrected chi connectivity index (χ2v) is 7.24. The van der Waals surface area contributed by atoms with Crippen molar-refractivity contribution in [1.29, 1.82) is 0 Å². The van der Waals surface area contributed by atoms with Gasteiger partial charge in [0, 0.05) is 12.1 Å². The van der Waals surface area contributed by atoms with Crippen molar-refractivity contribution in [3.8, 4) is 5.75 Å². The molecule has 1 heterocycles. The molecule has 3 aromatic rings. The fourth-order valence-electron chi connectivity index (χ4n) is 2.73. The Morgan fingerprint density at radius 1 is 1.14 bits per heavy atom. The summed E-state index contributed by atoms with van der Waals surface area (Å²) >= 11 is 1.14. The second-order valence-electron chi connectivity index (χ2n) is 6.28. The first-order chi connectivity index (χ1) is 14.1. The number of aryl methyl sites for hydroxylation is 1. The van der Waals surface area contributed by atoms with Crippen LogP contribution in [0.15, 0.2) is 58.5 Å². The predicted octanol–water partition coefficient (Wildman–Crippen LogP) is 3.06. The summed E-state index contributed by atoms with van der Waals surface area (Å²) in [6.45, 7) is 2.04. The van der Waals surface area contributed by atoms with Crippen LogP contribution in [-0.4, -0.2) is 34.0 Å². The molecule has 2 aromatic carbocycles. The summed E-state index contributed by atoms with van der Waals surface area (Å²) in [5.74, 6) is 0.710. The molecular weight excluding hydrogens is 388 g/mol. The average Bonchev–Trinajstić information content (AvgIpc) is 2.75. The quantitative estimate of drug-likeness (QED) is 0.554. The number of methoxy groups -OCH3 is 1. The van der Waals surface area contributed by atoms with Gasteiger partial charge < -0.3 is 10.1 Å². The first-order valence-electron chi connectivity index (χ1n) is 9.18. The van der Waals surface area contributed by atoms with Crippen LogP contribution < -0.4 is 15.6 Å². The van der Waals surface area contributed by atoms with E-state index in [0.717, 1.165) is 40.7 Å². The van der Waals surface area contributed by atoms with Gasteiger partial charge in [-0.1, -0.05) is 49.0 Å². The molecule has 0 aliphatic carbocycles. The topological polar surface area (TPSA) is 97.0 Å². The fourth-order valence-corrected chi connectivity index (χ4v) is 3.34. The third kappa shape index (κ3) is 5.68. The Hall–Kier alpha value is -3.13. The molecule has 1 aromatic heterocycles.